The first-order valence-corrected chi connectivity index (χ1v) is 12.6. The summed E-state index contributed by atoms with van der Waals surface area (Å²) in [7, 11) is 0. The lowest BCUT2D eigenvalue weighted by Gasteiger charge is -2.35. The molecule has 3 aromatic rings. The average molecular weight is 481 g/mol. The van der Waals surface area contributed by atoms with Crippen molar-refractivity contribution in [1.29, 1.82) is 0 Å². The fraction of sp³-hybridized carbons (Fsp3) is 0.385. The first-order valence-electron chi connectivity index (χ1n) is 11.7. The number of benzene rings is 1. The second-order valence-electron chi connectivity index (χ2n) is 8.67. The van der Waals surface area contributed by atoms with Crippen LogP contribution in [0.25, 0.3) is 0 Å². The zero-order valence-electron chi connectivity index (χ0n) is 18.9. The van der Waals surface area contributed by atoms with Gasteiger partial charge >= 0.3 is 0 Å². The molecule has 1 aromatic carbocycles. The van der Waals surface area contributed by atoms with Crippen molar-refractivity contribution in [3.05, 3.63) is 70.8 Å². The zero-order chi connectivity index (χ0) is 23.3. The molecule has 1 aliphatic carbocycles. The molecule has 8 heteroatoms. The van der Waals surface area contributed by atoms with Crippen molar-refractivity contribution in [2.45, 2.75) is 56.8 Å². The van der Waals surface area contributed by atoms with Crippen molar-refractivity contribution in [1.82, 2.24) is 10.2 Å². The highest BCUT2D eigenvalue weighted by molar-refractivity contribution is 7.10. The average Bonchev–Trinajstić information content (AvgIpc) is 3.58. The van der Waals surface area contributed by atoms with E-state index in [1.54, 1.807) is 29.4 Å². The van der Waals surface area contributed by atoms with Crippen molar-refractivity contribution in [3.63, 3.8) is 0 Å². The molecule has 0 spiro atoms. The van der Waals surface area contributed by atoms with Gasteiger partial charge in [0.1, 0.15) is 18.4 Å². The molecule has 7 nitrogen and oxygen atoms in total. The minimum Gasteiger partial charge on any atom is -0.485 e. The number of carbonyl (C=O) groups is 2. The molecule has 2 aromatic heterocycles. The van der Waals surface area contributed by atoms with E-state index in [4.69, 9.17) is 13.9 Å². The molecule has 1 fully saturated rings. The largest absolute Gasteiger partial charge is 0.485 e. The Kier molecular flexibility index (Phi) is 6.85. The third-order valence-electron chi connectivity index (χ3n) is 6.30. The molecule has 0 saturated heterocycles. The van der Waals surface area contributed by atoms with Crippen molar-refractivity contribution in [3.8, 4) is 11.5 Å². The zero-order valence-corrected chi connectivity index (χ0v) is 19.7. The topological polar surface area (TPSA) is 81.0 Å². The second-order valence-corrected chi connectivity index (χ2v) is 9.65. The number of ether oxygens (including phenoxy) is 2. The Morgan fingerprint density at radius 3 is 2.59 bits per heavy atom. The van der Waals surface area contributed by atoms with E-state index >= 15 is 0 Å². The highest BCUT2D eigenvalue weighted by Gasteiger charge is 2.39. The number of fused-ring (bicyclic) bond motifs is 1. The minimum absolute atomic E-state index is 0.0753. The first kappa shape index (κ1) is 22.5. The fourth-order valence-corrected chi connectivity index (χ4v) is 5.43. The predicted octanol–water partition coefficient (Wildman–Crippen LogP) is 4.70. The maximum Gasteiger partial charge on any atom is 0.268 e. The minimum atomic E-state index is -0.866. The Bertz CT molecular complexity index is 1090. The Hall–Kier alpha value is -3.26. The molecule has 2 atom stereocenters. The molecule has 34 heavy (non-hydrogen) atoms. The maximum atomic E-state index is 13.9. The van der Waals surface area contributed by atoms with E-state index in [2.05, 4.69) is 5.32 Å². The van der Waals surface area contributed by atoms with Crippen LogP contribution in [-0.2, 0) is 16.1 Å². The molecule has 3 heterocycles. The summed E-state index contributed by atoms with van der Waals surface area (Å²) in [4.78, 5) is 29.9. The third kappa shape index (κ3) is 4.97. The monoisotopic (exact) mass is 480 g/mol. The lowest BCUT2D eigenvalue weighted by atomic mass is 9.95. The number of nitrogens with zero attached hydrogens (tertiary/aromatic N) is 1. The molecule has 1 saturated carbocycles. The normalized spacial score (nSPS) is 18.8. The van der Waals surface area contributed by atoms with Crippen LogP contribution in [0.3, 0.4) is 0 Å². The van der Waals surface area contributed by atoms with Gasteiger partial charge in [-0.2, -0.15) is 0 Å². The van der Waals surface area contributed by atoms with Crippen LogP contribution < -0.4 is 14.8 Å². The van der Waals surface area contributed by atoms with Crippen LogP contribution in [0, 0.1) is 0 Å². The van der Waals surface area contributed by atoms with Crippen LogP contribution in [0.1, 0.15) is 48.8 Å². The summed E-state index contributed by atoms with van der Waals surface area (Å²) in [6.45, 7) is 0.222. The van der Waals surface area contributed by atoms with E-state index in [9.17, 15) is 9.59 Å². The van der Waals surface area contributed by atoms with Crippen molar-refractivity contribution >= 4 is 23.2 Å². The summed E-state index contributed by atoms with van der Waals surface area (Å²) < 4.78 is 17.4. The number of amides is 2. The van der Waals surface area contributed by atoms with Crippen LogP contribution in [0.5, 0.6) is 11.5 Å². The van der Waals surface area contributed by atoms with Gasteiger partial charge in [-0.1, -0.05) is 37.5 Å². The lowest BCUT2D eigenvalue weighted by molar-refractivity contribution is -0.149. The molecule has 0 bridgehead atoms. The highest BCUT2D eigenvalue weighted by atomic mass is 32.1. The Labute approximate surface area is 202 Å². The quantitative estimate of drug-likeness (QED) is 0.530. The summed E-state index contributed by atoms with van der Waals surface area (Å²) in [5.41, 5.74) is 0. The molecule has 2 amide bonds. The molecular weight excluding hydrogens is 452 g/mol. The van der Waals surface area contributed by atoms with Gasteiger partial charge in [-0.15, -0.1) is 11.3 Å². The number of carbonyl (C=O) groups excluding carboxylic acids is 2. The molecule has 0 radical (unpaired) electrons. The van der Waals surface area contributed by atoms with Gasteiger partial charge in [-0.3, -0.25) is 9.59 Å². The van der Waals surface area contributed by atoms with Crippen molar-refractivity contribution < 1.29 is 23.5 Å². The number of hydrogen-bond acceptors (Lipinski definition) is 6. The second kappa shape index (κ2) is 10.3. The number of rotatable bonds is 7. The van der Waals surface area contributed by atoms with Crippen LogP contribution in [0.2, 0.25) is 0 Å². The van der Waals surface area contributed by atoms with Crippen molar-refractivity contribution in [2.24, 2.45) is 0 Å². The molecule has 178 valence electrons. The van der Waals surface area contributed by atoms with Gasteiger partial charge in [-0.25, -0.2) is 0 Å². The highest BCUT2D eigenvalue weighted by Crippen LogP contribution is 2.34. The van der Waals surface area contributed by atoms with Gasteiger partial charge in [0, 0.05) is 10.9 Å². The Balaban J connectivity index is 1.44. The summed E-state index contributed by atoms with van der Waals surface area (Å²) in [6.07, 6.45) is 6.04. The van der Waals surface area contributed by atoms with Crippen LogP contribution in [-0.4, -0.2) is 35.5 Å². The Morgan fingerprint density at radius 2 is 1.85 bits per heavy atom. The van der Waals surface area contributed by atoms with E-state index in [-0.39, 0.29) is 31.0 Å². The van der Waals surface area contributed by atoms with Crippen LogP contribution in [0.15, 0.2) is 64.6 Å². The van der Waals surface area contributed by atoms with E-state index in [1.807, 2.05) is 35.7 Å². The summed E-state index contributed by atoms with van der Waals surface area (Å²) in [5.74, 6) is 1.23. The van der Waals surface area contributed by atoms with E-state index in [1.165, 1.54) is 17.8 Å². The van der Waals surface area contributed by atoms with Gasteiger partial charge in [0.05, 0.1) is 12.8 Å². The van der Waals surface area contributed by atoms with Crippen LogP contribution in [0.4, 0.5) is 0 Å². The number of furan rings is 1. The van der Waals surface area contributed by atoms with Crippen LogP contribution >= 0.6 is 11.3 Å². The maximum absolute atomic E-state index is 13.9. The van der Waals surface area contributed by atoms with Gasteiger partial charge in [-0.05, 0) is 48.6 Å². The predicted molar refractivity (Wildman–Crippen MR) is 128 cm³/mol. The third-order valence-corrected chi connectivity index (χ3v) is 7.22. The smallest absolute Gasteiger partial charge is 0.268 e. The molecule has 2 aliphatic rings. The fourth-order valence-electron chi connectivity index (χ4n) is 4.59. The van der Waals surface area contributed by atoms with E-state index in [0.717, 1.165) is 30.6 Å². The number of hydrogen-bond donors (Lipinski definition) is 1. The first-order chi connectivity index (χ1) is 16.7. The number of thiophene rings is 1. The van der Waals surface area contributed by atoms with Gasteiger partial charge < -0.3 is 24.1 Å². The number of nitrogens with one attached hydrogen (secondary N) is 1. The summed E-state index contributed by atoms with van der Waals surface area (Å²) >= 11 is 1.46. The Morgan fingerprint density at radius 1 is 1.03 bits per heavy atom. The molecule has 1 N–H and O–H groups in total. The van der Waals surface area contributed by atoms with E-state index < -0.39 is 12.1 Å². The standard InChI is InChI=1S/C26H28N2O5S/c29-25(27-18-8-2-1-3-9-18)24(23-13-7-15-34-23)28(16-19-10-6-14-31-19)26(30)22-17-32-20-11-4-5-12-21(20)33-22/h4-7,10-15,18,22,24H,1-3,8-9,16-17H2,(H,27,29). The molecule has 5 rings (SSSR count). The molecule has 2 unspecified atom stereocenters. The van der Waals surface area contributed by atoms with Crippen molar-refractivity contribution in [2.75, 3.05) is 6.61 Å². The lowest BCUT2D eigenvalue weighted by Crippen LogP contribution is -2.51. The van der Waals surface area contributed by atoms with Gasteiger partial charge in [0.2, 0.25) is 12.0 Å². The summed E-state index contributed by atoms with van der Waals surface area (Å²) in [5, 5.41) is 5.13. The SMILES string of the molecule is O=C(NC1CCCCC1)C(c1cccs1)N(Cc1ccco1)C(=O)C1COc2ccccc2O1. The van der Waals surface area contributed by atoms with E-state index in [0.29, 0.717) is 17.3 Å². The number of para-hydroxylation sites is 2. The van der Waals surface area contributed by atoms with Gasteiger partial charge in [0.15, 0.2) is 11.5 Å². The van der Waals surface area contributed by atoms with Gasteiger partial charge in [0.25, 0.3) is 5.91 Å². The molecular formula is C26H28N2O5S. The molecule has 1 aliphatic heterocycles. The summed E-state index contributed by atoms with van der Waals surface area (Å²) in [6, 6.07) is 14.0.